The Kier molecular flexibility index (Phi) is 23.3. The first-order valence-electron chi connectivity index (χ1n) is 22.4. The number of aliphatic hydroxyl groups is 13. The van der Waals surface area contributed by atoms with Gasteiger partial charge in [0.15, 0.2) is 25.2 Å². The number of carbonyl (C=O) groups is 1. The van der Waals surface area contributed by atoms with Crippen molar-refractivity contribution < 1.29 is 114 Å². The van der Waals surface area contributed by atoms with Gasteiger partial charge < -0.3 is 109 Å². The molecule has 13 N–H and O–H groups in total. The van der Waals surface area contributed by atoms with Crippen LogP contribution in [0.3, 0.4) is 0 Å². The molecule has 64 heavy (non-hydrogen) atoms. The Hall–Kier alpha value is -1.37. The molecule has 0 unspecified atom stereocenters. The summed E-state index contributed by atoms with van der Waals surface area (Å²) < 4.78 is 51.4. The summed E-state index contributed by atoms with van der Waals surface area (Å²) in [7, 11) is 1.27. The number of hydrogen-bond donors (Lipinski definition) is 13. The Labute approximate surface area is 372 Å². The average molecular weight is 935 g/mol. The third-order valence-electron chi connectivity index (χ3n) is 12.3. The first-order chi connectivity index (χ1) is 30.5. The van der Waals surface area contributed by atoms with Crippen molar-refractivity contribution in [1.29, 1.82) is 0 Å². The molecule has 4 saturated heterocycles. The van der Waals surface area contributed by atoms with E-state index in [1.54, 1.807) is 0 Å². The molecule has 0 spiro atoms. The molecular formula is C41H74O23. The lowest BCUT2D eigenvalue weighted by atomic mass is 9.96. The van der Waals surface area contributed by atoms with E-state index in [0.717, 1.165) is 51.4 Å². The summed E-state index contributed by atoms with van der Waals surface area (Å²) in [6.45, 7) is 1.26. The zero-order valence-corrected chi connectivity index (χ0v) is 36.7. The molecule has 4 aliphatic heterocycles. The van der Waals surface area contributed by atoms with Crippen molar-refractivity contribution in [2.24, 2.45) is 0 Å². The molecule has 4 rings (SSSR count). The summed E-state index contributed by atoms with van der Waals surface area (Å²) >= 11 is 0. The second-order valence-corrected chi connectivity index (χ2v) is 17.2. The van der Waals surface area contributed by atoms with Gasteiger partial charge >= 0.3 is 5.97 Å². The molecule has 0 bridgehead atoms. The van der Waals surface area contributed by atoms with E-state index >= 15 is 0 Å². The van der Waals surface area contributed by atoms with Gasteiger partial charge in [0.25, 0.3) is 0 Å². The van der Waals surface area contributed by atoms with E-state index in [9.17, 15) is 71.2 Å². The van der Waals surface area contributed by atoms with Gasteiger partial charge in [-0.1, -0.05) is 58.3 Å². The number of methoxy groups -OCH3 is 1. The minimum atomic E-state index is -1.99. The van der Waals surface area contributed by atoms with Crippen molar-refractivity contribution in [1.82, 2.24) is 0 Å². The highest BCUT2D eigenvalue weighted by Crippen LogP contribution is 2.34. The van der Waals surface area contributed by atoms with Crippen molar-refractivity contribution in [3.05, 3.63) is 0 Å². The topological polar surface area (TPSA) is 363 Å². The lowest BCUT2D eigenvalue weighted by molar-refractivity contribution is -0.390. The van der Waals surface area contributed by atoms with Gasteiger partial charge in [0.2, 0.25) is 0 Å². The lowest BCUT2D eigenvalue weighted by Crippen LogP contribution is -2.67. The van der Waals surface area contributed by atoms with Crippen LogP contribution in [0.15, 0.2) is 0 Å². The van der Waals surface area contributed by atoms with Crippen LogP contribution in [0.25, 0.3) is 0 Å². The molecule has 4 fully saturated rings. The summed E-state index contributed by atoms with van der Waals surface area (Å²) in [4.78, 5) is 11.4. The van der Waals surface area contributed by atoms with Gasteiger partial charge in [-0.15, -0.1) is 0 Å². The second-order valence-electron chi connectivity index (χ2n) is 17.2. The fraction of sp³-hybridized carbons (Fsp3) is 0.976. The molecule has 376 valence electrons. The van der Waals surface area contributed by atoms with E-state index in [-0.39, 0.29) is 6.42 Å². The maximum atomic E-state index is 11.7. The van der Waals surface area contributed by atoms with Crippen molar-refractivity contribution in [2.45, 2.75) is 226 Å². The van der Waals surface area contributed by atoms with Gasteiger partial charge in [0.1, 0.15) is 91.6 Å². The van der Waals surface area contributed by atoms with Gasteiger partial charge in [0, 0.05) is 0 Å². The molecule has 4 aliphatic rings. The van der Waals surface area contributed by atoms with E-state index in [2.05, 4.69) is 4.74 Å². The minimum Gasteiger partial charge on any atom is -0.469 e. The molecule has 0 aromatic carbocycles. The molecule has 0 aliphatic carbocycles. The number of esters is 1. The van der Waals surface area contributed by atoms with Crippen LogP contribution in [0.1, 0.15) is 90.9 Å². The average Bonchev–Trinajstić information content (AvgIpc) is 3.28. The van der Waals surface area contributed by atoms with Crippen LogP contribution in [0.5, 0.6) is 0 Å². The Morgan fingerprint density at radius 3 is 1.69 bits per heavy atom. The van der Waals surface area contributed by atoms with Crippen molar-refractivity contribution >= 4 is 5.97 Å². The van der Waals surface area contributed by atoms with Crippen molar-refractivity contribution in [2.75, 3.05) is 26.9 Å². The normalized spacial score (nSPS) is 41.7. The van der Waals surface area contributed by atoms with E-state index < -0.39 is 161 Å². The molecule has 23 nitrogen and oxygen atoms in total. The zero-order chi connectivity index (χ0) is 47.2. The molecule has 0 radical (unpaired) electrons. The summed E-state index contributed by atoms with van der Waals surface area (Å²) in [6.07, 6.45) is -26.4. The van der Waals surface area contributed by atoms with Gasteiger partial charge in [-0.2, -0.15) is 0 Å². The lowest BCUT2D eigenvalue weighted by Gasteiger charge is -2.48. The number of ether oxygens (including phenoxy) is 9. The molecule has 0 aromatic rings. The maximum Gasteiger partial charge on any atom is 0.308 e. The fourth-order valence-electron chi connectivity index (χ4n) is 8.19. The predicted octanol–water partition coefficient (Wildman–Crippen LogP) is -4.09. The standard InChI is InChI=1S/C41H74O23/c1-4-5-13-21(14-11-9-7-6-8-10-12-20(44)15-25(45)56-3)59-41-37(32(52)28(48)24(62-41)18-57-38-33(53)30(50)26(46)19(2)58-38)64-40-35(55)36(29(49)23(17-43)61-40)63-39-34(54)31(51)27(47)22(16-42)60-39/h19-24,26-44,46-55H,4-18H2,1-3H3/t19-,20-,21-,22+,23+,24+,26-,27+,28+,29+,30+,31-,32-,33+,34+,35+,36-,37+,38+,39-,40-,41+/m0/s1. The van der Waals surface area contributed by atoms with Crippen LogP contribution in [0.4, 0.5) is 0 Å². The Morgan fingerprint density at radius 2 is 1.06 bits per heavy atom. The highest BCUT2D eigenvalue weighted by Gasteiger charge is 2.54. The quantitative estimate of drug-likeness (QED) is 0.0306. The van der Waals surface area contributed by atoms with E-state index in [4.69, 9.17) is 37.9 Å². The highest BCUT2D eigenvalue weighted by atomic mass is 16.8. The van der Waals surface area contributed by atoms with Crippen LogP contribution in [-0.4, -0.2) is 234 Å². The summed E-state index contributed by atoms with van der Waals surface area (Å²) in [5.74, 6) is -0.465. The van der Waals surface area contributed by atoms with Crippen molar-refractivity contribution in [3.8, 4) is 0 Å². The van der Waals surface area contributed by atoms with E-state index in [0.29, 0.717) is 19.3 Å². The fourth-order valence-corrected chi connectivity index (χ4v) is 8.19. The van der Waals surface area contributed by atoms with Crippen LogP contribution < -0.4 is 0 Å². The third kappa shape index (κ3) is 14.8. The Bertz CT molecular complexity index is 1320. The molecular weight excluding hydrogens is 860 g/mol. The molecule has 0 aromatic heterocycles. The maximum absolute atomic E-state index is 11.7. The van der Waals surface area contributed by atoms with Crippen LogP contribution in [0.2, 0.25) is 0 Å². The van der Waals surface area contributed by atoms with Gasteiger partial charge in [-0.05, 0) is 26.2 Å². The minimum absolute atomic E-state index is 0.0520. The number of unbranched alkanes of at least 4 members (excludes halogenated alkanes) is 6. The number of aliphatic hydroxyl groups excluding tert-OH is 13. The van der Waals surface area contributed by atoms with Crippen LogP contribution in [-0.2, 0) is 47.4 Å². The van der Waals surface area contributed by atoms with Crippen molar-refractivity contribution in [3.63, 3.8) is 0 Å². The molecule has 4 heterocycles. The summed E-state index contributed by atoms with van der Waals surface area (Å²) in [5.41, 5.74) is 0. The number of rotatable bonds is 25. The molecule has 0 saturated carbocycles. The SMILES string of the molecule is CCCC[C@@H](CCCCCCCC[C@H](O)CC(=O)OC)O[C@@H]1O[C@H](CO[C@@H]2O[C@@H](C)[C@H](O)[C@@H](O)[C@H]2O)[C@@H](O)[C@H](O)[C@H]1O[C@@H]1O[C@H](CO)[C@@H](O)[C@H](O[C@@H]2O[C@H](CO)[C@@H](O)[C@H](O)[C@H]2O)[C@H]1O. The molecule has 23 heteroatoms. The highest BCUT2D eigenvalue weighted by molar-refractivity contribution is 5.69. The predicted molar refractivity (Wildman–Crippen MR) is 214 cm³/mol. The monoisotopic (exact) mass is 934 g/mol. The van der Waals surface area contributed by atoms with Gasteiger partial charge in [-0.25, -0.2) is 0 Å². The summed E-state index contributed by atoms with van der Waals surface area (Å²) in [5, 5.41) is 138. The van der Waals surface area contributed by atoms with E-state index in [1.807, 2.05) is 6.92 Å². The van der Waals surface area contributed by atoms with Gasteiger partial charge in [-0.3, -0.25) is 4.79 Å². The van der Waals surface area contributed by atoms with Gasteiger partial charge in [0.05, 0.1) is 51.7 Å². The smallest absolute Gasteiger partial charge is 0.308 e. The largest absolute Gasteiger partial charge is 0.469 e. The first-order valence-corrected chi connectivity index (χ1v) is 22.4. The summed E-state index contributed by atoms with van der Waals surface area (Å²) in [6, 6.07) is 0. The first kappa shape index (κ1) is 55.2. The number of hydrogen-bond acceptors (Lipinski definition) is 23. The number of carbonyl (C=O) groups excluding carboxylic acids is 1. The third-order valence-corrected chi connectivity index (χ3v) is 12.3. The van der Waals surface area contributed by atoms with Crippen LogP contribution in [0, 0.1) is 0 Å². The molecule has 22 atom stereocenters. The Balaban J connectivity index is 1.49. The van der Waals surface area contributed by atoms with Crippen LogP contribution >= 0.6 is 0 Å². The molecule has 0 amide bonds. The Morgan fingerprint density at radius 1 is 0.547 bits per heavy atom. The van der Waals surface area contributed by atoms with E-state index in [1.165, 1.54) is 14.0 Å². The zero-order valence-electron chi connectivity index (χ0n) is 36.7. The second kappa shape index (κ2) is 27.0.